The van der Waals surface area contributed by atoms with Crippen LogP contribution in [0.2, 0.25) is 0 Å². The minimum atomic E-state index is -1.15. The van der Waals surface area contributed by atoms with E-state index in [1.54, 1.807) is 0 Å². The van der Waals surface area contributed by atoms with E-state index in [1.165, 1.54) is 12.7 Å². The fourth-order valence-electron chi connectivity index (χ4n) is 10.9. The first-order valence-electron chi connectivity index (χ1n) is 14.4. The van der Waals surface area contributed by atoms with Gasteiger partial charge in [0.15, 0.2) is 0 Å². The topological polar surface area (TPSA) is 87.0 Å². The van der Waals surface area contributed by atoms with Crippen molar-refractivity contribution in [3.8, 4) is 0 Å². The van der Waals surface area contributed by atoms with Crippen LogP contribution in [0.4, 0.5) is 0 Å². The Labute approximate surface area is 218 Å². The number of esters is 1. The van der Waals surface area contributed by atoms with E-state index in [0.29, 0.717) is 18.3 Å². The van der Waals surface area contributed by atoms with E-state index >= 15 is 0 Å². The van der Waals surface area contributed by atoms with E-state index in [9.17, 15) is 20.1 Å². The maximum absolute atomic E-state index is 13.4. The Morgan fingerprint density at radius 1 is 0.889 bits per heavy atom. The van der Waals surface area contributed by atoms with Gasteiger partial charge < -0.3 is 20.1 Å². The van der Waals surface area contributed by atoms with Crippen molar-refractivity contribution < 1.29 is 24.9 Å². The van der Waals surface area contributed by atoms with E-state index < -0.39 is 23.0 Å². The lowest BCUT2D eigenvalue weighted by molar-refractivity contribution is -0.252. The van der Waals surface area contributed by atoms with Crippen molar-refractivity contribution in [1.82, 2.24) is 0 Å². The van der Waals surface area contributed by atoms with Crippen LogP contribution >= 0.6 is 0 Å². The Hall–Kier alpha value is -0.910. The molecule has 5 heteroatoms. The van der Waals surface area contributed by atoms with E-state index in [2.05, 4.69) is 54.5 Å². The van der Waals surface area contributed by atoms with Gasteiger partial charge in [0.1, 0.15) is 5.41 Å². The molecule has 0 amide bonds. The van der Waals surface area contributed by atoms with Gasteiger partial charge in [-0.15, -0.1) is 0 Å². The Balaban J connectivity index is 1.67. The van der Waals surface area contributed by atoms with Crippen LogP contribution in [0.1, 0.15) is 99.8 Å². The summed E-state index contributed by atoms with van der Waals surface area (Å²) in [7, 11) is 1.41. The van der Waals surface area contributed by atoms with Gasteiger partial charge in [-0.1, -0.05) is 60.1 Å². The molecule has 0 aromatic rings. The van der Waals surface area contributed by atoms with Crippen LogP contribution in [0.5, 0.6) is 0 Å². The van der Waals surface area contributed by atoms with Crippen LogP contribution in [0.3, 0.4) is 0 Å². The van der Waals surface area contributed by atoms with Crippen LogP contribution in [0, 0.1) is 50.2 Å². The molecule has 0 aromatic heterocycles. The van der Waals surface area contributed by atoms with Crippen LogP contribution < -0.4 is 0 Å². The molecule has 4 fully saturated rings. The van der Waals surface area contributed by atoms with E-state index in [1.807, 2.05) is 0 Å². The summed E-state index contributed by atoms with van der Waals surface area (Å²) in [4.78, 5) is 13.4. The second-order valence-corrected chi connectivity index (χ2v) is 15.4. The largest absolute Gasteiger partial charge is 0.468 e. The molecule has 0 radical (unpaired) electrons. The summed E-state index contributed by atoms with van der Waals surface area (Å²) in [5, 5.41) is 34.9. The number of fused-ring (bicyclic) bond motifs is 7. The second kappa shape index (κ2) is 7.82. The zero-order valence-corrected chi connectivity index (χ0v) is 23.9. The minimum Gasteiger partial charge on any atom is -0.468 e. The van der Waals surface area contributed by atoms with Crippen molar-refractivity contribution in [1.29, 1.82) is 0 Å². The van der Waals surface area contributed by atoms with Crippen molar-refractivity contribution >= 4 is 5.97 Å². The maximum Gasteiger partial charge on any atom is 0.315 e. The van der Waals surface area contributed by atoms with Crippen molar-refractivity contribution in [2.75, 3.05) is 7.11 Å². The molecule has 0 saturated heterocycles. The number of hydrogen-bond acceptors (Lipinski definition) is 5. The lowest BCUT2D eigenvalue weighted by Crippen LogP contribution is -2.72. The third-order valence-corrected chi connectivity index (χ3v) is 13.3. The number of aliphatic hydroxyl groups is 3. The van der Waals surface area contributed by atoms with Crippen LogP contribution in [-0.4, -0.2) is 46.7 Å². The molecule has 0 spiro atoms. The fourth-order valence-corrected chi connectivity index (χ4v) is 10.9. The molecule has 10 atom stereocenters. The first-order chi connectivity index (χ1) is 16.5. The molecule has 36 heavy (non-hydrogen) atoms. The van der Waals surface area contributed by atoms with Gasteiger partial charge in [-0.25, -0.2) is 0 Å². The first kappa shape index (κ1) is 26.7. The molecule has 0 heterocycles. The van der Waals surface area contributed by atoms with Crippen molar-refractivity contribution in [3.63, 3.8) is 0 Å². The fraction of sp³-hybridized carbons (Fsp3) is 0.903. The summed E-state index contributed by atoms with van der Waals surface area (Å²) in [6.45, 7) is 16.0. The summed E-state index contributed by atoms with van der Waals surface area (Å²) in [5.41, 5.74) is -0.780. The molecule has 3 N–H and O–H groups in total. The average molecular weight is 503 g/mol. The Kier molecular flexibility index (Phi) is 5.80. The molecule has 0 aromatic carbocycles. The first-order valence-corrected chi connectivity index (χ1v) is 14.4. The van der Waals surface area contributed by atoms with Crippen molar-refractivity contribution in [2.45, 2.75) is 118 Å². The van der Waals surface area contributed by atoms with Gasteiger partial charge in [0, 0.05) is 5.41 Å². The Morgan fingerprint density at radius 3 is 2.19 bits per heavy atom. The molecular weight excluding hydrogens is 452 g/mol. The highest BCUT2D eigenvalue weighted by Crippen LogP contribution is 2.75. The standard InChI is InChI=1S/C31H50O5/c1-26(2)15-16-31(25(35)36-8)19(17-26)18-9-10-21-28(5)13-12-22(32)27(3,4)20(28)11-14-29(21,6)30(18,7)23(33)24(31)34/h9,19-24,32-34H,10-17H2,1-8H3/t19-,20-,21+,22-,23-,24+,28-,29+,30-,31+/m0/s1. The molecule has 4 saturated carbocycles. The average Bonchev–Trinajstić information content (AvgIpc) is 2.80. The van der Waals surface area contributed by atoms with Gasteiger partial charge in [0.05, 0.1) is 25.4 Å². The van der Waals surface area contributed by atoms with E-state index in [4.69, 9.17) is 4.74 Å². The number of methoxy groups -OCH3 is 1. The highest BCUT2D eigenvalue weighted by Gasteiger charge is 2.74. The number of carbonyl (C=O) groups is 1. The van der Waals surface area contributed by atoms with Crippen LogP contribution in [0.25, 0.3) is 0 Å². The summed E-state index contributed by atoms with van der Waals surface area (Å²) < 4.78 is 5.34. The van der Waals surface area contributed by atoms with Gasteiger partial charge in [0.25, 0.3) is 0 Å². The number of carbonyl (C=O) groups excluding carboxylic acids is 1. The van der Waals surface area contributed by atoms with Crippen molar-refractivity contribution in [2.24, 2.45) is 50.2 Å². The molecular formula is C31H50O5. The number of hydrogen-bond donors (Lipinski definition) is 3. The molecule has 5 rings (SSSR count). The number of ether oxygens (including phenoxy) is 1. The van der Waals surface area contributed by atoms with Crippen molar-refractivity contribution in [3.05, 3.63) is 11.6 Å². The Bertz CT molecular complexity index is 968. The molecule has 5 aliphatic carbocycles. The monoisotopic (exact) mass is 502 g/mol. The highest BCUT2D eigenvalue weighted by molar-refractivity contribution is 5.80. The minimum absolute atomic E-state index is 0.0498. The van der Waals surface area contributed by atoms with Crippen LogP contribution in [-0.2, 0) is 9.53 Å². The highest BCUT2D eigenvalue weighted by atomic mass is 16.5. The van der Waals surface area contributed by atoms with Crippen LogP contribution in [0.15, 0.2) is 11.6 Å². The zero-order chi connectivity index (χ0) is 26.7. The van der Waals surface area contributed by atoms with Gasteiger partial charge in [-0.05, 0) is 90.8 Å². The third-order valence-electron chi connectivity index (χ3n) is 13.3. The molecule has 204 valence electrons. The zero-order valence-electron chi connectivity index (χ0n) is 23.9. The van der Waals surface area contributed by atoms with E-state index in [0.717, 1.165) is 44.9 Å². The maximum atomic E-state index is 13.4. The molecule has 0 bridgehead atoms. The number of rotatable bonds is 1. The number of aliphatic hydroxyl groups excluding tert-OH is 3. The molecule has 0 aliphatic heterocycles. The SMILES string of the molecule is COC(=O)[C@]12CCC(C)(C)C[C@H]1C1=CC[C@@H]3[C@@]4(C)CC[C@H](O)C(C)(C)[C@@H]4CC[C@@]3(C)[C@]1(C)[C@@H](O)[C@H]2O. The van der Waals surface area contributed by atoms with Gasteiger partial charge in [-0.2, -0.15) is 0 Å². The van der Waals surface area contributed by atoms with Gasteiger partial charge in [-0.3, -0.25) is 4.79 Å². The van der Waals surface area contributed by atoms with Gasteiger partial charge >= 0.3 is 5.97 Å². The lowest BCUT2D eigenvalue weighted by Gasteiger charge is -2.72. The quantitative estimate of drug-likeness (QED) is 0.336. The molecule has 0 unspecified atom stereocenters. The smallest absolute Gasteiger partial charge is 0.315 e. The normalized spacial score (nSPS) is 53.1. The molecule has 5 nitrogen and oxygen atoms in total. The second-order valence-electron chi connectivity index (χ2n) is 15.4. The van der Waals surface area contributed by atoms with Gasteiger partial charge in [0.2, 0.25) is 0 Å². The summed E-state index contributed by atoms with van der Waals surface area (Å²) in [6, 6.07) is 0. The predicted molar refractivity (Wildman–Crippen MR) is 140 cm³/mol. The third kappa shape index (κ3) is 2.97. The lowest BCUT2D eigenvalue weighted by atomic mass is 9.32. The predicted octanol–water partition coefficient (Wildman–Crippen LogP) is 5.26. The summed E-state index contributed by atoms with van der Waals surface area (Å²) in [5.74, 6) is 0.251. The summed E-state index contributed by atoms with van der Waals surface area (Å²) in [6.07, 6.45) is 6.77. The van der Waals surface area contributed by atoms with E-state index in [-0.39, 0.29) is 39.7 Å². The Morgan fingerprint density at radius 2 is 1.56 bits per heavy atom. The number of allylic oxidation sites excluding steroid dienone is 1. The summed E-state index contributed by atoms with van der Waals surface area (Å²) >= 11 is 0. The molecule has 5 aliphatic rings.